The smallest absolute Gasteiger partial charge is 0.00987 e. The van der Waals surface area contributed by atoms with E-state index < -0.39 is 0 Å². The molecular formula is C56H38. The Bertz CT molecular complexity index is 2890. The van der Waals surface area contributed by atoms with E-state index >= 15 is 0 Å². The van der Waals surface area contributed by atoms with E-state index in [4.69, 9.17) is 0 Å². The topological polar surface area (TPSA) is 0 Å². The highest BCUT2D eigenvalue weighted by Gasteiger charge is 2.16. The molecule has 0 aliphatic rings. The normalized spacial score (nSPS) is 12.1. The Morgan fingerprint density at radius 1 is 0.250 bits per heavy atom. The minimum atomic E-state index is 1.20. The third kappa shape index (κ3) is 6.08. The van der Waals surface area contributed by atoms with Gasteiger partial charge in [0, 0.05) is 0 Å². The highest BCUT2D eigenvalue weighted by atomic mass is 14.2. The number of benzene rings is 10. The summed E-state index contributed by atoms with van der Waals surface area (Å²) in [6.45, 7) is 0. The minimum absolute atomic E-state index is 1.20. The van der Waals surface area contributed by atoms with Crippen LogP contribution in [0.2, 0.25) is 0 Å². The first-order valence-electron chi connectivity index (χ1n) is 19.3. The molecule has 0 fully saturated rings. The van der Waals surface area contributed by atoms with Crippen molar-refractivity contribution < 1.29 is 0 Å². The molecule has 0 bridgehead atoms. The molecule has 0 heteroatoms. The summed E-state index contributed by atoms with van der Waals surface area (Å²) in [4.78, 5) is 0. The molecule has 0 heterocycles. The lowest BCUT2D eigenvalue weighted by molar-refractivity contribution is 1.58. The zero-order chi connectivity index (χ0) is 37.3. The van der Waals surface area contributed by atoms with Crippen molar-refractivity contribution in [2.75, 3.05) is 0 Å². The van der Waals surface area contributed by atoms with E-state index in [-0.39, 0.29) is 0 Å². The van der Waals surface area contributed by atoms with Crippen molar-refractivity contribution in [2.24, 2.45) is 0 Å². The van der Waals surface area contributed by atoms with Crippen LogP contribution in [-0.2, 0) is 0 Å². The summed E-state index contributed by atoms with van der Waals surface area (Å²) in [6.07, 6.45) is 4.77. The Morgan fingerprint density at radius 3 is 1.02 bits per heavy atom. The third-order valence-corrected chi connectivity index (χ3v) is 11.1. The Hall–Kier alpha value is -7.28. The van der Waals surface area contributed by atoms with E-state index in [9.17, 15) is 0 Å². The van der Waals surface area contributed by atoms with E-state index in [0.29, 0.717) is 0 Å². The van der Waals surface area contributed by atoms with E-state index in [0.717, 1.165) is 0 Å². The number of rotatable bonds is 7. The highest BCUT2D eigenvalue weighted by molar-refractivity contribution is 6.13. The second kappa shape index (κ2) is 14.5. The standard InChI is InChI=1S/C56H38/c1-3-17-41(18-4-1)55(51-31-15-23-39-21-7-9-25-45(39)51)37-43-33-35-53(49-29-13-11-27-47(43)49)54-36-34-44(48-28-12-14-30-50(48)54)38-56(42-19-5-2-6-20-42)52-32-16-24-40-22-8-10-26-46(40)52/h1-38H. The van der Waals surface area contributed by atoms with Crippen LogP contribution < -0.4 is 0 Å². The number of hydrogen-bond donors (Lipinski definition) is 0. The van der Waals surface area contributed by atoms with Gasteiger partial charge in [0.25, 0.3) is 0 Å². The summed E-state index contributed by atoms with van der Waals surface area (Å²) < 4.78 is 0. The zero-order valence-corrected chi connectivity index (χ0v) is 30.9. The molecule has 262 valence electrons. The Morgan fingerprint density at radius 2 is 0.589 bits per heavy atom. The van der Waals surface area contributed by atoms with Crippen molar-refractivity contribution in [1.82, 2.24) is 0 Å². The second-order valence-electron chi connectivity index (χ2n) is 14.4. The molecule has 10 rings (SSSR count). The van der Waals surface area contributed by atoms with Crippen LogP contribution >= 0.6 is 0 Å². The maximum atomic E-state index is 2.38. The number of hydrogen-bond acceptors (Lipinski definition) is 0. The van der Waals surface area contributed by atoms with Gasteiger partial charge in [0.05, 0.1) is 0 Å². The molecule has 0 radical (unpaired) electrons. The van der Waals surface area contributed by atoms with Crippen molar-refractivity contribution in [3.63, 3.8) is 0 Å². The zero-order valence-electron chi connectivity index (χ0n) is 30.9. The molecule has 0 aliphatic heterocycles. The first kappa shape index (κ1) is 33.3. The molecule has 56 heavy (non-hydrogen) atoms. The van der Waals surface area contributed by atoms with E-state index in [2.05, 4.69) is 231 Å². The Balaban J connectivity index is 1.15. The molecule has 0 amide bonds. The van der Waals surface area contributed by atoms with Gasteiger partial charge in [0.2, 0.25) is 0 Å². The predicted molar refractivity (Wildman–Crippen MR) is 242 cm³/mol. The highest BCUT2D eigenvalue weighted by Crippen LogP contribution is 2.40. The monoisotopic (exact) mass is 710 g/mol. The predicted octanol–water partition coefficient (Wildman–Crippen LogP) is 15.1. The summed E-state index contributed by atoms with van der Waals surface area (Å²) >= 11 is 0. The van der Waals surface area contributed by atoms with Gasteiger partial charge in [-0.2, -0.15) is 0 Å². The largest absolute Gasteiger partial charge is 0.0622 e. The van der Waals surface area contributed by atoms with Crippen LogP contribution in [0.3, 0.4) is 0 Å². The van der Waals surface area contributed by atoms with Crippen molar-refractivity contribution >= 4 is 66.4 Å². The lowest BCUT2D eigenvalue weighted by atomic mass is 9.87. The number of fused-ring (bicyclic) bond motifs is 4. The molecule has 10 aromatic rings. The van der Waals surface area contributed by atoms with Gasteiger partial charge in [-0.1, -0.05) is 218 Å². The summed E-state index contributed by atoms with van der Waals surface area (Å²) in [6, 6.07) is 79.2. The molecule has 0 atom stereocenters. The lowest BCUT2D eigenvalue weighted by Gasteiger charge is -2.16. The fourth-order valence-electron chi connectivity index (χ4n) is 8.47. The van der Waals surface area contributed by atoms with Crippen LogP contribution in [-0.4, -0.2) is 0 Å². The van der Waals surface area contributed by atoms with Crippen LogP contribution in [0.5, 0.6) is 0 Å². The molecule has 10 aromatic carbocycles. The van der Waals surface area contributed by atoms with Crippen molar-refractivity contribution in [3.8, 4) is 11.1 Å². The van der Waals surface area contributed by atoms with E-state index in [1.54, 1.807) is 0 Å². The van der Waals surface area contributed by atoms with Gasteiger partial charge in [-0.05, 0) is 111 Å². The summed E-state index contributed by atoms with van der Waals surface area (Å²) in [7, 11) is 0. The summed E-state index contributed by atoms with van der Waals surface area (Å²) in [5, 5.41) is 9.92. The van der Waals surface area contributed by atoms with Gasteiger partial charge >= 0.3 is 0 Å². The van der Waals surface area contributed by atoms with E-state index in [1.165, 1.54) is 98.7 Å². The fraction of sp³-hybridized carbons (Fsp3) is 0. The summed E-state index contributed by atoms with van der Waals surface area (Å²) in [5.74, 6) is 0. The fourth-order valence-corrected chi connectivity index (χ4v) is 8.47. The maximum Gasteiger partial charge on any atom is -0.00987 e. The van der Waals surface area contributed by atoms with Crippen molar-refractivity contribution in [1.29, 1.82) is 0 Å². The van der Waals surface area contributed by atoms with Crippen molar-refractivity contribution in [2.45, 2.75) is 0 Å². The average Bonchev–Trinajstić information content (AvgIpc) is 3.28. The average molecular weight is 711 g/mol. The van der Waals surface area contributed by atoms with Crippen LogP contribution in [0.4, 0.5) is 0 Å². The molecular weight excluding hydrogens is 673 g/mol. The van der Waals surface area contributed by atoms with Crippen LogP contribution in [0.25, 0.3) is 77.5 Å². The van der Waals surface area contributed by atoms with Crippen LogP contribution in [0, 0.1) is 0 Å². The molecule has 0 unspecified atom stereocenters. The van der Waals surface area contributed by atoms with Gasteiger partial charge in [-0.25, -0.2) is 0 Å². The molecule has 0 aromatic heterocycles. The van der Waals surface area contributed by atoms with Gasteiger partial charge < -0.3 is 0 Å². The van der Waals surface area contributed by atoms with Crippen LogP contribution in [0.15, 0.2) is 218 Å². The lowest BCUT2D eigenvalue weighted by Crippen LogP contribution is -1.93. The SMILES string of the molecule is C(=C(c1ccccc1)c1cccc2ccccc12)c1ccc(-c2ccc(C=C(c3ccccc3)c3cccc4ccccc34)c3ccccc23)c2ccccc12. The maximum absolute atomic E-state index is 2.38. The van der Waals surface area contributed by atoms with Gasteiger partial charge in [0.15, 0.2) is 0 Å². The minimum Gasteiger partial charge on any atom is -0.0622 e. The molecule has 0 aliphatic carbocycles. The van der Waals surface area contributed by atoms with Gasteiger partial charge in [-0.15, -0.1) is 0 Å². The Kier molecular flexibility index (Phi) is 8.63. The first-order valence-corrected chi connectivity index (χ1v) is 19.3. The molecule has 0 saturated heterocycles. The molecule has 0 N–H and O–H groups in total. The van der Waals surface area contributed by atoms with Crippen LogP contribution in [0.1, 0.15) is 33.4 Å². The Labute approximate surface area is 328 Å². The molecule has 0 saturated carbocycles. The first-order chi connectivity index (χ1) is 27.8. The van der Waals surface area contributed by atoms with E-state index in [1.807, 2.05) is 0 Å². The molecule has 0 spiro atoms. The quantitative estimate of drug-likeness (QED) is 0.144. The van der Waals surface area contributed by atoms with Crippen molar-refractivity contribution in [3.05, 3.63) is 252 Å². The second-order valence-corrected chi connectivity index (χ2v) is 14.4. The molecule has 0 nitrogen and oxygen atoms in total. The summed E-state index contributed by atoms with van der Waals surface area (Å²) in [5.41, 5.74) is 12.1. The third-order valence-electron chi connectivity index (χ3n) is 11.1. The van der Waals surface area contributed by atoms with Gasteiger partial charge in [-0.3, -0.25) is 0 Å². The van der Waals surface area contributed by atoms with Gasteiger partial charge in [0.1, 0.15) is 0 Å².